The van der Waals surface area contributed by atoms with Gasteiger partial charge in [0.05, 0.1) is 31.0 Å². The van der Waals surface area contributed by atoms with E-state index in [0.717, 1.165) is 22.6 Å². The van der Waals surface area contributed by atoms with E-state index in [1.54, 1.807) is 11.8 Å². The molecule has 0 amide bonds. The Labute approximate surface area is 196 Å². The molecule has 2 aromatic carbocycles. The summed E-state index contributed by atoms with van der Waals surface area (Å²) in [6.07, 6.45) is -0.541. The predicted molar refractivity (Wildman–Crippen MR) is 129 cm³/mol. The van der Waals surface area contributed by atoms with Crippen LogP contribution in [-0.4, -0.2) is 65.4 Å². The van der Waals surface area contributed by atoms with Gasteiger partial charge in [-0.15, -0.1) is 0 Å². The molecule has 7 nitrogen and oxygen atoms in total. The molecule has 1 atom stereocenters. The number of aliphatic hydroxyl groups excluding tert-OH is 1. The molecule has 7 heteroatoms. The van der Waals surface area contributed by atoms with E-state index in [4.69, 9.17) is 19.3 Å². The van der Waals surface area contributed by atoms with Crippen LogP contribution < -0.4 is 4.74 Å². The normalized spacial score (nSPS) is 12.5. The van der Waals surface area contributed by atoms with Crippen molar-refractivity contribution >= 4 is 0 Å². The average molecular weight is 454 g/mol. The minimum Gasteiger partial charge on any atom is -0.439 e. The van der Waals surface area contributed by atoms with Gasteiger partial charge in [0.25, 0.3) is 0 Å². The molecule has 0 spiro atoms. The number of ether oxygens (including phenoxy) is 3. The molecule has 3 rings (SSSR count). The first-order valence-corrected chi connectivity index (χ1v) is 11.3. The molecule has 1 heterocycles. The van der Waals surface area contributed by atoms with Gasteiger partial charge in [-0.2, -0.15) is 5.10 Å². The van der Waals surface area contributed by atoms with Crippen molar-refractivity contribution in [1.29, 1.82) is 0 Å². The first-order valence-electron chi connectivity index (χ1n) is 11.3. The number of rotatable bonds is 13. The molecular formula is C26H35N3O4. The van der Waals surface area contributed by atoms with E-state index in [1.165, 1.54) is 0 Å². The summed E-state index contributed by atoms with van der Waals surface area (Å²) in [7, 11) is 3.57. The predicted octanol–water partition coefficient (Wildman–Crippen LogP) is 4.11. The third-order valence-electron chi connectivity index (χ3n) is 5.18. The Bertz CT molecular complexity index is 960. The molecule has 1 aromatic heterocycles. The van der Waals surface area contributed by atoms with Crippen LogP contribution in [0.4, 0.5) is 0 Å². The molecule has 0 saturated carbocycles. The molecule has 0 fully saturated rings. The van der Waals surface area contributed by atoms with Gasteiger partial charge in [-0.1, -0.05) is 48.5 Å². The number of aliphatic hydroxyl groups is 1. The van der Waals surface area contributed by atoms with Gasteiger partial charge < -0.3 is 19.3 Å². The Hall–Kier alpha value is -2.71. The van der Waals surface area contributed by atoms with Crippen molar-refractivity contribution in [2.45, 2.75) is 32.6 Å². The van der Waals surface area contributed by atoms with E-state index >= 15 is 0 Å². The second-order valence-electron chi connectivity index (χ2n) is 8.30. The first-order chi connectivity index (χ1) is 16.0. The van der Waals surface area contributed by atoms with E-state index in [2.05, 4.69) is 4.90 Å². The van der Waals surface area contributed by atoms with E-state index in [-0.39, 0.29) is 12.7 Å². The highest BCUT2D eigenvalue weighted by atomic mass is 16.5. The van der Waals surface area contributed by atoms with Crippen LogP contribution in [0.5, 0.6) is 11.6 Å². The van der Waals surface area contributed by atoms with Gasteiger partial charge in [0.2, 0.25) is 5.88 Å². The smallest absolute Gasteiger partial charge is 0.222 e. The van der Waals surface area contributed by atoms with Crippen LogP contribution in [0.1, 0.15) is 19.4 Å². The summed E-state index contributed by atoms with van der Waals surface area (Å²) in [5.74, 6) is 1.42. The van der Waals surface area contributed by atoms with Crippen LogP contribution in [0, 0.1) is 0 Å². The molecule has 1 unspecified atom stereocenters. The standard InChI is InChI=1S/C26H35N3O4/c1-20(2)32-19-22(30)17-29(15-16-31-4)18-24-25(21-11-7-5-8-12-21)27-28(3)26(24)33-23-13-9-6-10-14-23/h5-14,20,22,30H,15-19H2,1-4H3. The van der Waals surface area contributed by atoms with Crippen molar-refractivity contribution in [3.05, 3.63) is 66.2 Å². The fourth-order valence-electron chi connectivity index (χ4n) is 3.58. The fraction of sp³-hybridized carbons (Fsp3) is 0.423. The maximum absolute atomic E-state index is 10.6. The molecule has 1 N–H and O–H groups in total. The number of aromatic nitrogens is 2. The summed E-state index contributed by atoms with van der Waals surface area (Å²) in [4.78, 5) is 2.15. The summed E-state index contributed by atoms with van der Waals surface area (Å²) >= 11 is 0. The topological polar surface area (TPSA) is 69.0 Å². The van der Waals surface area contributed by atoms with Crippen molar-refractivity contribution in [3.8, 4) is 22.9 Å². The zero-order chi connectivity index (χ0) is 23.6. The second-order valence-corrected chi connectivity index (χ2v) is 8.30. The van der Waals surface area contributed by atoms with Gasteiger partial charge in [0.15, 0.2) is 0 Å². The lowest BCUT2D eigenvalue weighted by atomic mass is 10.1. The van der Waals surface area contributed by atoms with Crippen molar-refractivity contribution in [3.63, 3.8) is 0 Å². The van der Waals surface area contributed by atoms with Gasteiger partial charge in [0, 0.05) is 39.4 Å². The van der Waals surface area contributed by atoms with Crippen molar-refractivity contribution in [1.82, 2.24) is 14.7 Å². The molecule has 0 aliphatic heterocycles. The Morgan fingerprint density at radius 1 is 1.03 bits per heavy atom. The van der Waals surface area contributed by atoms with E-state index < -0.39 is 6.10 Å². The maximum Gasteiger partial charge on any atom is 0.222 e. The van der Waals surface area contributed by atoms with Gasteiger partial charge in [-0.05, 0) is 26.0 Å². The lowest BCUT2D eigenvalue weighted by Gasteiger charge is -2.25. The highest BCUT2D eigenvalue weighted by Crippen LogP contribution is 2.34. The Kier molecular flexibility index (Phi) is 9.45. The number of benzene rings is 2. The number of nitrogens with zero attached hydrogens (tertiary/aromatic N) is 3. The van der Waals surface area contributed by atoms with Gasteiger partial charge >= 0.3 is 0 Å². The number of hydrogen-bond donors (Lipinski definition) is 1. The highest BCUT2D eigenvalue weighted by molar-refractivity contribution is 5.65. The van der Waals surface area contributed by atoms with Crippen molar-refractivity contribution in [2.24, 2.45) is 7.05 Å². The zero-order valence-corrected chi connectivity index (χ0v) is 20.0. The van der Waals surface area contributed by atoms with Gasteiger partial charge in [0.1, 0.15) is 11.4 Å². The van der Waals surface area contributed by atoms with Crippen molar-refractivity contribution < 1.29 is 19.3 Å². The Morgan fingerprint density at radius 2 is 1.70 bits per heavy atom. The summed E-state index contributed by atoms with van der Waals surface area (Å²) < 4.78 is 19.0. The van der Waals surface area contributed by atoms with E-state index in [1.807, 2.05) is 81.6 Å². The summed E-state index contributed by atoms with van der Waals surface area (Å²) in [5, 5.41) is 15.4. The minimum absolute atomic E-state index is 0.0703. The van der Waals surface area contributed by atoms with Crippen LogP contribution >= 0.6 is 0 Å². The Balaban J connectivity index is 1.92. The van der Waals surface area contributed by atoms with E-state index in [0.29, 0.717) is 32.1 Å². The average Bonchev–Trinajstić information content (AvgIpc) is 3.12. The molecule has 0 bridgehead atoms. The molecule has 178 valence electrons. The molecule has 0 aliphatic carbocycles. The van der Waals surface area contributed by atoms with Crippen LogP contribution in [0.2, 0.25) is 0 Å². The SMILES string of the molecule is COCCN(Cc1c(-c2ccccc2)nn(C)c1Oc1ccccc1)CC(O)COC(C)C. The van der Waals surface area contributed by atoms with E-state index in [9.17, 15) is 5.11 Å². The number of aryl methyl sites for hydroxylation is 1. The molecule has 33 heavy (non-hydrogen) atoms. The second kappa shape index (κ2) is 12.5. The van der Waals surface area contributed by atoms with Crippen LogP contribution in [0.15, 0.2) is 60.7 Å². The quantitative estimate of drug-likeness (QED) is 0.420. The molecule has 0 aliphatic rings. The van der Waals surface area contributed by atoms with Gasteiger partial charge in [-0.3, -0.25) is 4.90 Å². The van der Waals surface area contributed by atoms with Crippen molar-refractivity contribution in [2.75, 3.05) is 33.4 Å². The number of methoxy groups -OCH3 is 1. The molecule has 0 radical (unpaired) electrons. The zero-order valence-electron chi connectivity index (χ0n) is 20.0. The molecule has 3 aromatic rings. The number of para-hydroxylation sites is 1. The Morgan fingerprint density at radius 3 is 2.33 bits per heavy atom. The van der Waals surface area contributed by atoms with Crippen LogP contribution in [0.25, 0.3) is 11.3 Å². The van der Waals surface area contributed by atoms with Crippen LogP contribution in [0.3, 0.4) is 0 Å². The van der Waals surface area contributed by atoms with Gasteiger partial charge in [-0.25, -0.2) is 4.68 Å². The first kappa shape index (κ1) is 24.9. The molecule has 0 saturated heterocycles. The maximum atomic E-state index is 10.6. The minimum atomic E-state index is -0.611. The van der Waals surface area contributed by atoms with Crippen LogP contribution in [-0.2, 0) is 23.1 Å². The lowest BCUT2D eigenvalue weighted by Crippen LogP contribution is -2.37. The monoisotopic (exact) mass is 453 g/mol. The highest BCUT2D eigenvalue weighted by Gasteiger charge is 2.23. The number of hydrogen-bond acceptors (Lipinski definition) is 6. The fourth-order valence-corrected chi connectivity index (χ4v) is 3.58. The third-order valence-corrected chi connectivity index (χ3v) is 5.18. The largest absolute Gasteiger partial charge is 0.439 e. The lowest BCUT2D eigenvalue weighted by molar-refractivity contribution is -0.0121. The summed E-state index contributed by atoms with van der Waals surface area (Å²) in [6.45, 7) is 6.41. The third kappa shape index (κ3) is 7.40. The summed E-state index contributed by atoms with van der Waals surface area (Å²) in [5.41, 5.74) is 2.83. The molecular weight excluding hydrogens is 418 g/mol. The summed E-state index contributed by atoms with van der Waals surface area (Å²) in [6, 6.07) is 19.8.